The lowest BCUT2D eigenvalue weighted by molar-refractivity contribution is 1.44. The maximum atomic E-state index is 3.36. The minimum absolute atomic E-state index is 0. The number of hydrogen-bond acceptors (Lipinski definition) is 0. The van der Waals surface area contributed by atoms with E-state index in [1.807, 2.05) is 18.2 Å². The summed E-state index contributed by atoms with van der Waals surface area (Å²) >= 11 is 3.36. The Labute approximate surface area is 74.2 Å². The molecule has 0 bridgehead atoms. The average Bonchev–Trinajstić information content (AvgIpc) is 1.90. The summed E-state index contributed by atoms with van der Waals surface area (Å²) in [5.41, 5.74) is 1.33. The third-order valence-corrected chi connectivity index (χ3v) is 1.64. The standard InChI is InChI=1S/C7H7Br.BrH/c8-6-7-4-2-1-3-5-7;/h1-5H,6H2;1H. The van der Waals surface area contributed by atoms with Crippen LogP contribution in [0.15, 0.2) is 30.3 Å². The number of halogens is 2. The van der Waals surface area contributed by atoms with E-state index in [2.05, 4.69) is 28.1 Å². The molecule has 0 unspecified atom stereocenters. The third kappa shape index (κ3) is 3.01. The zero-order valence-corrected chi connectivity index (χ0v) is 8.18. The van der Waals surface area contributed by atoms with Gasteiger partial charge in [-0.25, -0.2) is 0 Å². The lowest BCUT2D eigenvalue weighted by Gasteiger charge is -1.88. The van der Waals surface area contributed by atoms with Crippen LogP contribution >= 0.6 is 32.9 Å². The molecule has 0 aromatic heterocycles. The molecule has 2 heteroatoms. The van der Waals surface area contributed by atoms with Gasteiger partial charge in [0.1, 0.15) is 0 Å². The summed E-state index contributed by atoms with van der Waals surface area (Å²) in [6.07, 6.45) is 0. The second kappa shape index (κ2) is 5.00. The molecule has 0 amide bonds. The molecule has 0 N–H and O–H groups in total. The lowest BCUT2D eigenvalue weighted by atomic mass is 10.2. The molecule has 0 saturated carbocycles. The highest BCUT2D eigenvalue weighted by atomic mass is 79.9. The van der Waals surface area contributed by atoms with Crippen molar-refractivity contribution in [3.8, 4) is 0 Å². The van der Waals surface area contributed by atoms with Crippen molar-refractivity contribution >= 4 is 32.9 Å². The molecule has 0 nitrogen and oxygen atoms in total. The molecule has 0 radical (unpaired) electrons. The van der Waals surface area contributed by atoms with Gasteiger partial charge in [0.15, 0.2) is 0 Å². The molecule has 1 rings (SSSR count). The fraction of sp³-hybridized carbons (Fsp3) is 0.143. The first-order valence-electron chi connectivity index (χ1n) is 2.53. The van der Waals surface area contributed by atoms with Crippen LogP contribution in [-0.2, 0) is 5.33 Å². The first-order valence-corrected chi connectivity index (χ1v) is 3.65. The van der Waals surface area contributed by atoms with Crippen molar-refractivity contribution in [2.45, 2.75) is 5.33 Å². The van der Waals surface area contributed by atoms with Gasteiger partial charge in [-0.1, -0.05) is 46.3 Å². The molecule has 0 aliphatic carbocycles. The largest absolute Gasteiger partial charge is 0.114 e. The van der Waals surface area contributed by atoms with Gasteiger partial charge in [0, 0.05) is 5.33 Å². The van der Waals surface area contributed by atoms with E-state index in [1.165, 1.54) is 5.56 Å². The summed E-state index contributed by atoms with van der Waals surface area (Å²) in [6.45, 7) is 0. The van der Waals surface area contributed by atoms with Gasteiger partial charge in [-0.2, -0.15) is 0 Å². The second-order valence-corrected chi connectivity index (χ2v) is 2.18. The lowest BCUT2D eigenvalue weighted by Crippen LogP contribution is -1.70. The SMILES string of the molecule is Br.BrCc1ccccc1. The Bertz CT molecular complexity index is 148. The van der Waals surface area contributed by atoms with E-state index in [0.29, 0.717) is 0 Å². The van der Waals surface area contributed by atoms with Crippen LogP contribution in [-0.4, -0.2) is 0 Å². The molecule has 0 atom stereocenters. The van der Waals surface area contributed by atoms with Gasteiger partial charge in [-0.05, 0) is 5.56 Å². The Morgan fingerprint density at radius 1 is 1.11 bits per heavy atom. The second-order valence-electron chi connectivity index (χ2n) is 1.62. The Balaban J connectivity index is 0.000000640. The molecular formula is C7H8Br2. The summed E-state index contributed by atoms with van der Waals surface area (Å²) < 4.78 is 0. The van der Waals surface area contributed by atoms with Gasteiger partial charge in [0.25, 0.3) is 0 Å². The predicted octanol–water partition coefficient (Wildman–Crippen LogP) is 3.16. The minimum Gasteiger partial charge on any atom is -0.114 e. The van der Waals surface area contributed by atoms with E-state index in [9.17, 15) is 0 Å². The van der Waals surface area contributed by atoms with E-state index < -0.39 is 0 Å². The van der Waals surface area contributed by atoms with E-state index in [0.717, 1.165) is 5.33 Å². The summed E-state index contributed by atoms with van der Waals surface area (Å²) in [7, 11) is 0. The average molecular weight is 252 g/mol. The quantitative estimate of drug-likeness (QED) is 0.673. The highest BCUT2D eigenvalue weighted by Gasteiger charge is 1.81. The van der Waals surface area contributed by atoms with Crippen molar-refractivity contribution in [1.29, 1.82) is 0 Å². The van der Waals surface area contributed by atoms with E-state index >= 15 is 0 Å². The molecule has 1 aromatic rings. The zero-order chi connectivity index (χ0) is 5.82. The highest BCUT2D eigenvalue weighted by molar-refractivity contribution is 9.08. The van der Waals surface area contributed by atoms with Crippen LogP contribution in [0.1, 0.15) is 5.56 Å². The minimum atomic E-state index is 0. The molecule has 0 aliphatic heterocycles. The Hall–Kier alpha value is 0.180. The monoisotopic (exact) mass is 250 g/mol. The van der Waals surface area contributed by atoms with Crippen molar-refractivity contribution in [2.75, 3.05) is 0 Å². The van der Waals surface area contributed by atoms with Gasteiger partial charge in [-0.15, -0.1) is 17.0 Å². The summed E-state index contributed by atoms with van der Waals surface area (Å²) in [5, 5.41) is 0.952. The van der Waals surface area contributed by atoms with Crippen molar-refractivity contribution in [3.05, 3.63) is 35.9 Å². The molecule has 0 saturated heterocycles. The molecule has 0 heterocycles. The van der Waals surface area contributed by atoms with E-state index in [4.69, 9.17) is 0 Å². The van der Waals surface area contributed by atoms with Crippen molar-refractivity contribution < 1.29 is 0 Å². The summed E-state index contributed by atoms with van der Waals surface area (Å²) in [6, 6.07) is 10.3. The molecule has 0 aliphatic rings. The molecule has 0 fully saturated rings. The van der Waals surface area contributed by atoms with E-state index in [1.54, 1.807) is 0 Å². The fourth-order valence-electron chi connectivity index (χ4n) is 0.567. The Morgan fingerprint density at radius 3 is 2.00 bits per heavy atom. The van der Waals surface area contributed by atoms with Crippen molar-refractivity contribution in [1.82, 2.24) is 0 Å². The molecular weight excluding hydrogens is 244 g/mol. The first-order chi connectivity index (χ1) is 3.93. The summed E-state index contributed by atoms with van der Waals surface area (Å²) in [4.78, 5) is 0. The van der Waals surface area contributed by atoms with Crippen LogP contribution in [0.3, 0.4) is 0 Å². The van der Waals surface area contributed by atoms with Gasteiger partial charge < -0.3 is 0 Å². The van der Waals surface area contributed by atoms with Gasteiger partial charge in [0.2, 0.25) is 0 Å². The van der Waals surface area contributed by atoms with Crippen LogP contribution in [0.25, 0.3) is 0 Å². The zero-order valence-electron chi connectivity index (χ0n) is 4.88. The van der Waals surface area contributed by atoms with Crippen LogP contribution < -0.4 is 0 Å². The van der Waals surface area contributed by atoms with Crippen LogP contribution in [0.5, 0.6) is 0 Å². The molecule has 0 spiro atoms. The molecule has 1 aromatic carbocycles. The maximum absolute atomic E-state index is 3.36. The topological polar surface area (TPSA) is 0 Å². The van der Waals surface area contributed by atoms with Crippen LogP contribution in [0.2, 0.25) is 0 Å². The maximum Gasteiger partial charge on any atom is 0.0283 e. The summed E-state index contributed by atoms with van der Waals surface area (Å²) in [5.74, 6) is 0. The van der Waals surface area contributed by atoms with E-state index in [-0.39, 0.29) is 17.0 Å². The van der Waals surface area contributed by atoms with Crippen LogP contribution in [0.4, 0.5) is 0 Å². The Morgan fingerprint density at radius 2 is 1.67 bits per heavy atom. The predicted molar refractivity (Wildman–Crippen MR) is 49.4 cm³/mol. The van der Waals surface area contributed by atoms with Gasteiger partial charge >= 0.3 is 0 Å². The molecule has 50 valence electrons. The number of hydrogen-bond donors (Lipinski definition) is 0. The highest BCUT2D eigenvalue weighted by Crippen LogP contribution is 2.02. The third-order valence-electron chi connectivity index (χ3n) is 0.997. The van der Waals surface area contributed by atoms with Gasteiger partial charge in [0.05, 0.1) is 0 Å². The van der Waals surface area contributed by atoms with Crippen molar-refractivity contribution in [2.24, 2.45) is 0 Å². The number of benzene rings is 1. The van der Waals surface area contributed by atoms with Crippen molar-refractivity contribution in [3.63, 3.8) is 0 Å². The smallest absolute Gasteiger partial charge is 0.0283 e. The fourth-order valence-corrected chi connectivity index (χ4v) is 0.941. The van der Waals surface area contributed by atoms with Gasteiger partial charge in [-0.3, -0.25) is 0 Å². The Kier molecular flexibility index (Phi) is 5.10. The first kappa shape index (κ1) is 9.18. The van der Waals surface area contributed by atoms with Crippen LogP contribution in [0, 0.1) is 0 Å². The normalized spacial score (nSPS) is 8.11. The number of rotatable bonds is 1. The molecule has 9 heavy (non-hydrogen) atoms. The number of alkyl halides is 1.